The lowest BCUT2D eigenvalue weighted by atomic mass is 10.1. The molecule has 0 aliphatic carbocycles. The molecule has 0 saturated heterocycles. The minimum Gasteiger partial charge on any atom is -0.481 e. The molecule has 0 spiro atoms. The van der Waals surface area contributed by atoms with Crippen molar-refractivity contribution in [2.45, 2.75) is 45.9 Å². The van der Waals surface area contributed by atoms with Gasteiger partial charge in [0.25, 0.3) is 5.91 Å². The second kappa shape index (κ2) is 6.02. The van der Waals surface area contributed by atoms with Crippen LogP contribution in [0.3, 0.4) is 0 Å². The van der Waals surface area contributed by atoms with E-state index in [4.69, 9.17) is 9.84 Å². The highest BCUT2D eigenvalue weighted by Crippen LogP contribution is 2.18. The van der Waals surface area contributed by atoms with E-state index in [2.05, 4.69) is 5.32 Å². The Kier molecular flexibility index (Phi) is 4.89. The zero-order valence-corrected chi connectivity index (χ0v) is 11.7. The predicted octanol–water partition coefficient (Wildman–Crippen LogP) is 2.00. The molecule has 0 aromatic heterocycles. The van der Waals surface area contributed by atoms with Gasteiger partial charge in [-0.25, -0.2) is 4.39 Å². The van der Waals surface area contributed by atoms with E-state index in [0.29, 0.717) is 5.56 Å². The summed E-state index contributed by atoms with van der Waals surface area (Å²) in [5.41, 5.74) is 0.0471. The topological polar surface area (TPSA) is 58.6 Å². The first kappa shape index (κ1) is 15.4. The first-order valence-electron chi connectivity index (χ1n) is 6.10. The predicted molar refractivity (Wildman–Crippen MR) is 70.3 cm³/mol. The van der Waals surface area contributed by atoms with Gasteiger partial charge in [0.2, 0.25) is 0 Å². The molecule has 1 unspecified atom stereocenters. The van der Waals surface area contributed by atoms with Crippen LogP contribution in [0.5, 0.6) is 5.75 Å². The van der Waals surface area contributed by atoms with E-state index in [9.17, 15) is 9.18 Å². The Morgan fingerprint density at radius 3 is 2.58 bits per heavy atom. The Morgan fingerprint density at radius 1 is 1.42 bits per heavy atom. The lowest BCUT2D eigenvalue weighted by molar-refractivity contribution is -0.128. The maximum Gasteiger partial charge on any atom is 0.261 e. The summed E-state index contributed by atoms with van der Waals surface area (Å²) in [6, 6.07) is 3.90. The molecule has 0 aliphatic rings. The van der Waals surface area contributed by atoms with Crippen LogP contribution in [0.15, 0.2) is 18.2 Å². The number of hydrogen-bond donors (Lipinski definition) is 2. The highest BCUT2D eigenvalue weighted by atomic mass is 19.1. The first-order valence-corrected chi connectivity index (χ1v) is 6.10. The van der Waals surface area contributed by atoms with Gasteiger partial charge in [-0.05, 0) is 45.4 Å². The lowest BCUT2D eigenvalue weighted by Crippen LogP contribution is -2.46. The van der Waals surface area contributed by atoms with Gasteiger partial charge in [0.15, 0.2) is 6.10 Å². The molecule has 0 fully saturated rings. The van der Waals surface area contributed by atoms with Gasteiger partial charge < -0.3 is 15.2 Å². The number of carbonyl (C=O) groups excluding carboxylic acids is 1. The van der Waals surface area contributed by atoms with Crippen LogP contribution in [0.4, 0.5) is 4.39 Å². The van der Waals surface area contributed by atoms with Crippen LogP contribution in [0.2, 0.25) is 0 Å². The fourth-order valence-electron chi connectivity index (χ4n) is 1.51. The summed E-state index contributed by atoms with van der Waals surface area (Å²) in [6.45, 7) is 6.90. The molecule has 0 bridgehead atoms. The maximum absolute atomic E-state index is 13.2. The number of aliphatic hydroxyl groups excluding tert-OH is 1. The molecule has 0 saturated carbocycles. The zero-order valence-electron chi connectivity index (χ0n) is 11.7. The van der Waals surface area contributed by atoms with Gasteiger partial charge in [-0.1, -0.05) is 0 Å². The summed E-state index contributed by atoms with van der Waals surface area (Å²) in [5.74, 6) is -0.562. The van der Waals surface area contributed by atoms with Crippen LogP contribution in [0.25, 0.3) is 0 Å². The molecule has 1 aromatic rings. The second-order valence-corrected chi connectivity index (χ2v) is 5.45. The molecular weight excluding hydrogens is 249 g/mol. The number of nitrogens with one attached hydrogen (secondary N) is 1. The molecule has 1 rings (SSSR count). The van der Waals surface area contributed by atoms with E-state index in [1.54, 1.807) is 6.92 Å². The third-order valence-electron chi connectivity index (χ3n) is 2.29. The Hall–Kier alpha value is -1.62. The van der Waals surface area contributed by atoms with Crippen molar-refractivity contribution < 1.29 is 19.0 Å². The third-order valence-corrected chi connectivity index (χ3v) is 2.29. The van der Waals surface area contributed by atoms with Crippen molar-refractivity contribution in [3.05, 3.63) is 29.6 Å². The summed E-state index contributed by atoms with van der Waals surface area (Å²) in [4.78, 5) is 11.8. The van der Waals surface area contributed by atoms with Crippen LogP contribution in [-0.2, 0) is 11.4 Å². The molecule has 1 aromatic carbocycles. The summed E-state index contributed by atoms with van der Waals surface area (Å²) in [7, 11) is 0. The fourth-order valence-corrected chi connectivity index (χ4v) is 1.51. The Bertz CT molecular complexity index is 454. The van der Waals surface area contributed by atoms with Gasteiger partial charge in [0.1, 0.15) is 11.6 Å². The van der Waals surface area contributed by atoms with Gasteiger partial charge in [0.05, 0.1) is 6.61 Å². The van der Waals surface area contributed by atoms with Crippen molar-refractivity contribution >= 4 is 5.91 Å². The van der Waals surface area contributed by atoms with Crippen LogP contribution >= 0.6 is 0 Å². The average molecular weight is 269 g/mol. The third kappa shape index (κ3) is 5.26. The highest BCUT2D eigenvalue weighted by Gasteiger charge is 2.20. The smallest absolute Gasteiger partial charge is 0.261 e. The maximum atomic E-state index is 13.2. The summed E-state index contributed by atoms with van der Waals surface area (Å²) in [5, 5.41) is 11.8. The van der Waals surface area contributed by atoms with E-state index in [0.717, 1.165) is 0 Å². The SMILES string of the molecule is CC(Oc1cc(F)cc(CO)c1)C(=O)NC(C)(C)C. The van der Waals surface area contributed by atoms with Gasteiger partial charge in [-0.3, -0.25) is 4.79 Å². The fraction of sp³-hybridized carbons (Fsp3) is 0.500. The second-order valence-electron chi connectivity index (χ2n) is 5.45. The molecule has 4 nitrogen and oxygen atoms in total. The Morgan fingerprint density at radius 2 is 2.05 bits per heavy atom. The van der Waals surface area contributed by atoms with Crippen molar-refractivity contribution in [3.8, 4) is 5.75 Å². The summed E-state index contributed by atoms with van der Waals surface area (Å²) >= 11 is 0. The van der Waals surface area contributed by atoms with Crippen molar-refractivity contribution in [2.24, 2.45) is 0 Å². The number of rotatable bonds is 4. The normalized spacial score (nSPS) is 12.9. The van der Waals surface area contributed by atoms with E-state index < -0.39 is 11.9 Å². The number of carbonyl (C=O) groups is 1. The van der Waals surface area contributed by atoms with Gasteiger partial charge in [0, 0.05) is 11.6 Å². The monoisotopic (exact) mass is 269 g/mol. The lowest BCUT2D eigenvalue weighted by Gasteiger charge is -2.23. The molecular formula is C14H20FNO3. The van der Waals surface area contributed by atoms with Crippen molar-refractivity contribution in [3.63, 3.8) is 0 Å². The summed E-state index contributed by atoms with van der Waals surface area (Å²) in [6.07, 6.45) is -0.743. The molecule has 5 heteroatoms. The largest absolute Gasteiger partial charge is 0.481 e. The standard InChI is InChI=1S/C14H20FNO3/c1-9(13(18)16-14(2,3)4)19-12-6-10(8-17)5-11(15)7-12/h5-7,9,17H,8H2,1-4H3,(H,16,18). The van der Waals surface area contributed by atoms with E-state index in [1.807, 2.05) is 20.8 Å². The minimum absolute atomic E-state index is 0.223. The van der Waals surface area contributed by atoms with E-state index in [1.165, 1.54) is 18.2 Å². The van der Waals surface area contributed by atoms with E-state index >= 15 is 0 Å². The molecule has 0 aliphatic heterocycles. The zero-order chi connectivity index (χ0) is 14.6. The Labute approximate surface area is 112 Å². The quantitative estimate of drug-likeness (QED) is 0.879. The number of halogens is 1. The number of ether oxygens (including phenoxy) is 1. The highest BCUT2D eigenvalue weighted by molar-refractivity contribution is 5.81. The van der Waals surface area contributed by atoms with Crippen molar-refractivity contribution in [2.75, 3.05) is 0 Å². The van der Waals surface area contributed by atoms with Crippen molar-refractivity contribution in [1.82, 2.24) is 5.32 Å². The van der Waals surface area contributed by atoms with Crippen molar-refractivity contribution in [1.29, 1.82) is 0 Å². The van der Waals surface area contributed by atoms with Crippen LogP contribution in [0.1, 0.15) is 33.3 Å². The molecule has 1 amide bonds. The average Bonchev–Trinajstić information content (AvgIpc) is 2.25. The van der Waals surface area contributed by atoms with E-state index in [-0.39, 0.29) is 23.8 Å². The molecule has 0 heterocycles. The van der Waals surface area contributed by atoms with Gasteiger partial charge in [-0.2, -0.15) is 0 Å². The molecule has 2 N–H and O–H groups in total. The van der Waals surface area contributed by atoms with Crippen LogP contribution in [0, 0.1) is 5.82 Å². The Balaban J connectivity index is 2.74. The minimum atomic E-state index is -0.743. The molecule has 106 valence electrons. The number of hydrogen-bond acceptors (Lipinski definition) is 3. The number of amides is 1. The number of benzene rings is 1. The first-order chi connectivity index (χ1) is 8.71. The van der Waals surface area contributed by atoms with Crippen LogP contribution in [-0.4, -0.2) is 22.7 Å². The number of aliphatic hydroxyl groups is 1. The van der Waals surface area contributed by atoms with Gasteiger partial charge >= 0.3 is 0 Å². The van der Waals surface area contributed by atoms with Crippen LogP contribution < -0.4 is 10.1 Å². The molecule has 1 atom stereocenters. The molecule has 0 radical (unpaired) electrons. The van der Waals surface area contributed by atoms with Gasteiger partial charge in [-0.15, -0.1) is 0 Å². The molecule has 19 heavy (non-hydrogen) atoms. The summed E-state index contributed by atoms with van der Waals surface area (Å²) < 4.78 is 18.6.